The van der Waals surface area contributed by atoms with Crippen molar-refractivity contribution in [3.8, 4) is 6.07 Å². The third-order valence-electron chi connectivity index (χ3n) is 5.55. The molecule has 1 fully saturated rings. The zero-order chi connectivity index (χ0) is 21.8. The minimum absolute atomic E-state index is 0.0747. The van der Waals surface area contributed by atoms with E-state index in [1.807, 2.05) is 70.0 Å². The third-order valence-corrected chi connectivity index (χ3v) is 9.63. The predicted molar refractivity (Wildman–Crippen MR) is 129 cm³/mol. The Hall–Kier alpha value is -2.44. The van der Waals surface area contributed by atoms with Gasteiger partial charge in [-0.1, -0.05) is 65.7 Å². The van der Waals surface area contributed by atoms with Crippen LogP contribution in [0.2, 0.25) is 10.0 Å². The first-order chi connectivity index (χ1) is 15.1. The highest BCUT2D eigenvalue weighted by Crippen LogP contribution is 2.69. The van der Waals surface area contributed by atoms with E-state index >= 15 is 4.57 Å². The zero-order valence-corrected chi connectivity index (χ0v) is 19.3. The molecule has 158 valence electrons. The topological polar surface area (TPSA) is 47.3 Å². The Bertz CT molecular complexity index is 1080. The molecule has 3 aromatic carbocycles. The van der Waals surface area contributed by atoms with E-state index in [0.717, 1.165) is 17.8 Å². The molecule has 1 atom stereocenters. The predicted octanol–water partition coefficient (Wildman–Crippen LogP) is 7.56. The number of hydrogen-bond donors (Lipinski definition) is 0. The average Bonchev–Trinajstić information content (AvgIpc) is 2.79. The summed E-state index contributed by atoms with van der Waals surface area (Å²) in [6.45, 7) is 1.27. The first kappa shape index (κ1) is 21.8. The van der Waals surface area contributed by atoms with Crippen LogP contribution in [0.15, 0.2) is 78.9 Å². The summed E-state index contributed by atoms with van der Waals surface area (Å²) in [5, 5.41) is 10.7. The largest absolute Gasteiger partial charge is 0.306 e. The van der Waals surface area contributed by atoms with E-state index < -0.39 is 13.1 Å². The highest BCUT2D eigenvalue weighted by atomic mass is 35.5. The van der Waals surface area contributed by atoms with Gasteiger partial charge in [0.15, 0.2) is 0 Å². The van der Waals surface area contributed by atoms with Gasteiger partial charge in [-0.25, -0.2) is 0 Å². The van der Waals surface area contributed by atoms with Gasteiger partial charge < -0.3 is 9.34 Å². The smallest absolute Gasteiger partial charge is 0.271 e. The number of anilines is 2. The van der Waals surface area contributed by atoms with Gasteiger partial charge in [0, 0.05) is 34.5 Å². The molecule has 0 N–H and O–H groups in total. The number of rotatable bonds is 5. The van der Waals surface area contributed by atoms with Crippen molar-refractivity contribution in [2.24, 2.45) is 0 Å². The van der Waals surface area contributed by atoms with E-state index in [2.05, 4.69) is 6.07 Å². The molecule has 0 aliphatic carbocycles. The van der Waals surface area contributed by atoms with Crippen LogP contribution in [0, 0.1) is 11.3 Å². The molecule has 3 aromatic rings. The molecule has 0 amide bonds. The zero-order valence-electron chi connectivity index (χ0n) is 16.9. The van der Waals surface area contributed by atoms with E-state index in [9.17, 15) is 5.26 Å². The molecule has 1 aliphatic heterocycles. The minimum Gasteiger partial charge on any atom is -0.306 e. The van der Waals surface area contributed by atoms with Crippen LogP contribution in [0.3, 0.4) is 0 Å². The lowest BCUT2D eigenvalue weighted by atomic mass is 10.1. The van der Waals surface area contributed by atoms with Crippen molar-refractivity contribution in [3.63, 3.8) is 0 Å². The fraction of sp³-hybridized carbons (Fsp3) is 0.208. The summed E-state index contributed by atoms with van der Waals surface area (Å²) in [6.07, 6.45) is 0.923. The number of para-hydroxylation sites is 2. The fourth-order valence-corrected chi connectivity index (χ4v) is 8.42. The van der Waals surface area contributed by atoms with Gasteiger partial charge in [-0.2, -0.15) is 5.26 Å². The lowest BCUT2D eigenvalue weighted by Gasteiger charge is -2.48. The second-order valence-electron chi connectivity index (χ2n) is 7.40. The maximum atomic E-state index is 15.2. The molecule has 0 spiro atoms. The highest BCUT2D eigenvalue weighted by molar-refractivity contribution is 7.67. The number of nitrogens with zero attached hydrogens (tertiary/aromatic N) is 3. The Morgan fingerprint density at radius 1 is 0.903 bits per heavy atom. The monoisotopic (exact) mass is 469 g/mol. The van der Waals surface area contributed by atoms with Crippen molar-refractivity contribution in [1.82, 2.24) is 0 Å². The molecule has 0 saturated carbocycles. The lowest BCUT2D eigenvalue weighted by molar-refractivity contribution is 0.547. The van der Waals surface area contributed by atoms with Gasteiger partial charge in [0.05, 0.1) is 18.1 Å². The van der Waals surface area contributed by atoms with Gasteiger partial charge >= 0.3 is 0 Å². The minimum atomic E-state index is -3.35. The van der Waals surface area contributed by atoms with Gasteiger partial charge in [0.2, 0.25) is 0 Å². The first-order valence-electron chi connectivity index (χ1n) is 10.1. The van der Waals surface area contributed by atoms with Crippen LogP contribution in [0.1, 0.15) is 24.1 Å². The van der Waals surface area contributed by atoms with Crippen LogP contribution >= 0.6 is 30.6 Å². The van der Waals surface area contributed by atoms with E-state index in [1.165, 1.54) is 0 Å². The number of hydrogen-bond acceptors (Lipinski definition) is 2. The molecular formula is C24H22Cl2N3OP. The van der Waals surface area contributed by atoms with Crippen molar-refractivity contribution in [1.29, 1.82) is 5.26 Å². The summed E-state index contributed by atoms with van der Waals surface area (Å²) in [5.74, 6) is 0. The van der Waals surface area contributed by atoms with Crippen molar-refractivity contribution < 1.29 is 4.57 Å². The standard InChI is InChI=1S/C24H22Cl2N3OP/c25-19-12-13-22(23(26)18-19)24(14-15-27)31(30)28(20-8-3-1-4-9-20)16-7-17-29(31)21-10-5-2-6-11-21/h1-6,8-13,18,24H,7,14,16-17H2. The third kappa shape index (κ3) is 4.19. The van der Waals surface area contributed by atoms with Gasteiger partial charge in [-0.3, -0.25) is 4.57 Å². The Morgan fingerprint density at radius 3 is 1.94 bits per heavy atom. The normalized spacial score (nSPS) is 16.5. The van der Waals surface area contributed by atoms with Gasteiger partial charge in [-0.05, 0) is 48.4 Å². The van der Waals surface area contributed by atoms with Crippen molar-refractivity contribution in [2.75, 3.05) is 22.4 Å². The molecule has 1 saturated heterocycles. The molecular weight excluding hydrogens is 448 g/mol. The quantitative estimate of drug-likeness (QED) is 0.361. The molecule has 31 heavy (non-hydrogen) atoms. The number of benzene rings is 3. The van der Waals surface area contributed by atoms with Crippen molar-refractivity contribution in [3.05, 3.63) is 94.5 Å². The molecule has 7 heteroatoms. The number of halogens is 2. The molecule has 1 heterocycles. The van der Waals surface area contributed by atoms with Gasteiger partial charge in [-0.15, -0.1) is 0 Å². The summed E-state index contributed by atoms with van der Waals surface area (Å²) >= 11 is 12.7. The Balaban J connectivity index is 1.94. The fourth-order valence-electron chi connectivity index (χ4n) is 4.18. The van der Waals surface area contributed by atoms with Crippen LogP contribution in [0.5, 0.6) is 0 Å². The first-order valence-corrected chi connectivity index (χ1v) is 12.6. The molecule has 0 aromatic heterocycles. The van der Waals surface area contributed by atoms with Crippen molar-refractivity contribution >= 4 is 42.0 Å². The molecule has 1 unspecified atom stereocenters. The lowest BCUT2D eigenvalue weighted by Crippen LogP contribution is -2.41. The molecule has 1 aliphatic rings. The van der Waals surface area contributed by atoms with Crippen molar-refractivity contribution in [2.45, 2.75) is 18.5 Å². The summed E-state index contributed by atoms with van der Waals surface area (Å²) < 4.78 is 19.2. The van der Waals surface area contributed by atoms with Gasteiger partial charge in [0.25, 0.3) is 7.44 Å². The van der Waals surface area contributed by atoms with Crippen LogP contribution in [0.25, 0.3) is 0 Å². The Morgan fingerprint density at radius 2 is 1.45 bits per heavy atom. The average molecular weight is 470 g/mol. The summed E-state index contributed by atoms with van der Waals surface area (Å²) in [6, 6.07) is 27.0. The van der Waals surface area contributed by atoms with E-state index in [0.29, 0.717) is 28.7 Å². The summed E-state index contributed by atoms with van der Waals surface area (Å²) in [4.78, 5) is 0. The van der Waals surface area contributed by atoms with Gasteiger partial charge in [0.1, 0.15) is 0 Å². The van der Waals surface area contributed by atoms with E-state index in [-0.39, 0.29) is 6.42 Å². The van der Waals surface area contributed by atoms with Crippen LogP contribution in [-0.2, 0) is 4.57 Å². The van der Waals surface area contributed by atoms with Crippen LogP contribution in [-0.4, -0.2) is 13.1 Å². The number of nitriles is 1. The Kier molecular flexibility index (Phi) is 6.58. The van der Waals surface area contributed by atoms with Crippen LogP contribution in [0.4, 0.5) is 11.4 Å². The molecule has 0 bridgehead atoms. The highest BCUT2D eigenvalue weighted by Gasteiger charge is 2.48. The molecule has 0 radical (unpaired) electrons. The SMILES string of the molecule is N#CCC(c1ccc(Cl)cc1Cl)P1(=O)N(c2ccccc2)CCCN1c1ccccc1. The molecule has 4 nitrogen and oxygen atoms in total. The summed E-state index contributed by atoms with van der Waals surface area (Å²) in [5.41, 5.74) is 1.83. The van der Waals surface area contributed by atoms with Crippen LogP contribution < -0.4 is 9.34 Å². The summed E-state index contributed by atoms with van der Waals surface area (Å²) in [7, 11) is -3.35. The Labute approximate surface area is 193 Å². The second-order valence-corrected chi connectivity index (χ2v) is 11.0. The molecule has 4 rings (SSSR count). The maximum absolute atomic E-state index is 15.2. The van der Waals surface area contributed by atoms with E-state index in [4.69, 9.17) is 23.2 Å². The van der Waals surface area contributed by atoms with E-state index in [1.54, 1.807) is 18.2 Å². The maximum Gasteiger partial charge on any atom is 0.271 e. The second kappa shape index (κ2) is 9.37.